The third-order valence-corrected chi connectivity index (χ3v) is 7.83. The van der Waals surface area contributed by atoms with Crippen molar-refractivity contribution in [3.8, 4) is 0 Å². The maximum absolute atomic E-state index is 16.1. The van der Waals surface area contributed by atoms with Crippen molar-refractivity contribution in [1.29, 1.82) is 0 Å². The normalized spacial score (nSPS) is 18.8. The van der Waals surface area contributed by atoms with Crippen molar-refractivity contribution in [3.63, 3.8) is 0 Å². The van der Waals surface area contributed by atoms with Crippen molar-refractivity contribution < 1.29 is 18.7 Å². The molecule has 0 atom stereocenters. The van der Waals surface area contributed by atoms with Gasteiger partial charge in [0.1, 0.15) is 5.60 Å². The van der Waals surface area contributed by atoms with Crippen LogP contribution < -0.4 is 19.6 Å². The number of anilines is 4. The van der Waals surface area contributed by atoms with Crippen LogP contribution in [0.3, 0.4) is 0 Å². The number of carbonyl (C=O) groups excluding carboxylic acids is 1. The van der Waals surface area contributed by atoms with Crippen molar-refractivity contribution in [2.45, 2.75) is 40.2 Å². The molecule has 1 aromatic heterocycles. The highest BCUT2D eigenvalue weighted by molar-refractivity contribution is 5.68. The van der Waals surface area contributed by atoms with Crippen LogP contribution in [0.5, 0.6) is 0 Å². The number of carbonyl (C=O) groups is 1. The summed E-state index contributed by atoms with van der Waals surface area (Å²) in [5.74, 6) is 0.799. The minimum atomic E-state index is -0.543. The average molecular weight is 556 g/mol. The average Bonchev–Trinajstić information content (AvgIpc) is 2.94. The number of ether oxygens (including phenoxy) is 2. The molecule has 0 saturated carbocycles. The summed E-state index contributed by atoms with van der Waals surface area (Å²) in [6, 6.07) is 6.39. The number of aryl methyl sites for hydroxylation is 1. The fourth-order valence-corrected chi connectivity index (χ4v) is 5.40. The van der Waals surface area contributed by atoms with Gasteiger partial charge in [-0.05, 0) is 51.8 Å². The molecule has 10 nitrogen and oxygen atoms in total. The minimum absolute atomic E-state index is 0.316. The molecule has 218 valence electrons. The van der Waals surface area contributed by atoms with E-state index in [1.54, 1.807) is 4.90 Å². The number of hydrogen-bond donors (Lipinski definition) is 0. The number of nitrogens with zero attached hydrogens (tertiary/aromatic N) is 7. The second-order valence-electron chi connectivity index (χ2n) is 11.7. The van der Waals surface area contributed by atoms with E-state index in [1.165, 1.54) is 16.8 Å². The molecule has 4 heterocycles. The predicted molar refractivity (Wildman–Crippen MR) is 155 cm³/mol. The summed E-state index contributed by atoms with van der Waals surface area (Å²) < 4.78 is 27.2. The van der Waals surface area contributed by atoms with Gasteiger partial charge in [0.15, 0.2) is 11.6 Å². The van der Waals surface area contributed by atoms with Crippen LogP contribution >= 0.6 is 0 Å². The molecule has 1 aromatic carbocycles. The fourth-order valence-electron chi connectivity index (χ4n) is 5.40. The van der Waals surface area contributed by atoms with Gasteiger partial charge in [-0.2, -0.15) is 14.4 Å². The Morgan fingerprint density at radius 3 is 1.98 bits per heavy atom. The van der Waals surface area contributed by atoms with Crippen molar-refractivity contribution in [3.05, 3.63) is 35.1 Å². The first-order chi connectivity index (χ1) is 19.1. The van der Waals surface area contributed by atoms with E-state index in [9.17, 15) is 4.79 Å². The number of halogens is 1. The molecule has 0 bridgehead atoms. The van der Waals surface area contributed by atoms with E-state index in [1.807, 2.05) is 35.5 Å². The summed E-state index contributed by atoms with van der Waals surface area (Å²) in [4.78, 5) is 32.2. The number of morpholine rings is 1. The lowest BCUT2D eigenvalue weighted by Crippen LogP contribution is -2.51. The second kappa shape index (κ2) is 11.6. The van der Waals surface area contributed by atoms with Gasteiger partial charge in [0, 0.05) is 71.1 Å². The van der Waals surface area contributed by atoms with Crippen LogP contribution in [0.25, 0.3) is 0 Å². The molecular formula is C29H42FN7O3. The van der Waals surface area contributed by atoms with E-state index >= 15 is 4.39 Å². The largest absolute Gasteiger partial charge is 0.444 e. The van der Waals surface area contributed by atoms with E-state index in [2.05, 4.69) is 36.9 Å². The second-order valence-corrected chi connectivity index (χ2v) is 11.7. The zero-order valence-electron chi connectivity index (χ0n) is 24.5. The Morgan fingerprint density at radius 2 is 1.38 bits per heavy atom. The molecule has 0 radical (unpaired) electrons. The molecular weight excluding hydrogens is 513 g/mol. The SMILES string of the molecule is Cc1cccc(N2CCN(c3nc(N4CCN(C(=O)OC(C)(C)C)CC4)nc(N4CCOCC4)c3F)CC2)c1C. The van der Waals surface area contributed by atoms with E-state index in [4.69, 9.17) is 19.4 Å². The maximum atomic E-state index is 16.1. The summed E-state index contributed by atoms with van der Waals surface area (Å²) in [5.41, 5.74) is 3.25. The molecule has 5 rings (SSSR count). The third-order valence-electron chi connectivity index (χ3n) is 7.83. The molecule has 3 fully saturated rings. The third kappa shape index (κ3) is 6.19. The smallest absolute Gasteiger partial charge is 0.410 e. The van der Waals surface area contributed by atoms with Crippen LogP contribution in [0.4, 0.5) is 32.5 Å². The Hall–Kier alpha value is -3.34. The highest BCUT2D eigenvalue weighted by atomic mass is 19.1. The van der Waals surface area contributed by atoms with Gasteiger partial charge in [0.05, 0.1) is 13.2 Å². The van der Waals surface area contributed by atoms with Gasteiger partial charge in [-0.25, -0.2) is 4.79 Å². The van der Waals surface area contributed by atoms with Gasteiger partial charge in [-0.3, -0.25) is 0 Å². The number of rotatable bonds is 4. The molecule has 40 heavy (non-hydrogen) atoms. The van der Waals surface area contributed by atoms with Crippen molar-refractivity contribution in [1.82, 2.24) is 14.9 Å². The Bertz CT molecular complexity index is 1200. The Labute approximate surface area is 236 Å². The minimum Gasteiger partial charge on any atom is -0.444 e. The van der Waals surface area contributed by atoms with Gasteiger partial charge < -0.3 is 34.0 Å². The first kappa shape index (κ1) is 28.2. The lowest BCUT2D eigenvalue weighted by Gasteiger charge is -2.39. The first-order valence-corrected chi connectivity index (χ1v) is 14.3. The number of amides is 1. The Balaban J connectivity index is 1.35. The molecule has 0 aliphatic carbocycles. The summed E-state index contributed by atoms with van der Waals surface area (Å²) in [6.07, 6.45) is -0.316. The zero-order valence-corrected chi connectivity index (χ0v) is 24.5. The molecule has 3 aliphatic rings. The zero-order chi connectivity index (χ0) is 28.4. The molecule has 0 spiro atoms. The number of benzene rings is 1. The number of piperazine rings is 2. The van der Waals surface area contributed by atoms with Gasteiger partial charge in [0.25, 0.3) is 0 Å². The highest BCUT2D eigenvalue weighted by Gasteiger charge is 2.31. The standard InChI is InChI=1S/C29H42FN7O3/c1-21-7-6-8-23(22(21)2)33-9-11-34(12-10-33)25-24(30)26(35-17-19-39-20-18-35)32-27(31-25)36-13-15-37(16-14-36)28(38)40-29(3,4)5/h6-8H,9-20H2,1-5H3. The summed E-state index contributed by atoms with van der Waals surface area (Å²) in [7, 11) is 0. The topological polar surface area (TPSA) is 77.5 Å². The van der Waals surface area contributed by atoms with Crippen molar-refractivity contribution >= 4 is 29.4 Å². The number of hydrogen-bond acceptors (Lipinski definition) is 9. The first-order valence-electron chi connectivity index (χ1n) is 14.3. The lowest BCUT2D eigenvalue weighted by atomic mass is 10.1. The summed E-state index contributed by atoms with van der Waals surface area (Å²) in [6.45, 7) is 17.1. The molecule has 2 aromatic rings. The maximum Gasteiger partial charge on any atom is 0.410 e. The van der Waals surface area contributed by atoms with Crippen molar-refractivity contribution in [2.75, 3.05) is 98.3 Å². The Kier molecular flexibility index (Phi) is 8.21. The van der Waals surface area contributed by atoms with Crippen LogP contribution in [-0.4, -0.2) is 105 Å². The van der Waals surface area contributed by atoms with Crippen LogP contribution in [0, 0.1) is 19.7 Å². The predicted octanol–water partition coefficient (Wildman–Crippen LogP) is 3.45. The van der Waals surface area contributed by atoms with Crippen LogP contribution in [0.2, 0.25) is 0 Å². The number of aromatic nitrogens is 2. The van der Waals surface area contributed by atoms with E-state index in [0.29, 0.717) is 83.2 Å². The van der Waals surface area contributed by atoms with Gasteiger partial charge in [-0.15, -0.1) is 0 Å². The van der Waals surface area contributed by atoms with Crippen LogP contribution in [-0.2, 0) is 9.47 Å². The van der Waals surface area contributed by atoms with E-state index < -0.39 is 5.60 Å². The molecule has 11 heteroatoms. The quantitative estimate of drug-likeness (QED) is 0.564. The van der Waals surface area contributed by atoms with E-state index in [0.717, 1.165) is 13.1 Å². The van der Waals surface area contributed by atoms with Crippen LogP contribution in [0.15, 0.2) is 18.2 Å². The Morgan fingerprint density at radius 1 is 0.825 bits per heavy atom. The van der Waals surface area contributed by atoms with Crippen LogP contribution in [0.1, 0.15) is 31.9 Å². The van der Waals surface area contributed by atoms with Gasteiger partial charge >= 0.3 is 6.09 Å². The molecule has 3 aliphatic heterocycles. The summed E-state index contributed by atoms with van der Waals surface area (Å²) in [5, 5.41) is 0. The van der Waals surface area contributed by atoms with Gasteiger partial charge in [-0.1, -0.05) is 12.1 Å². The monoisotopic (exact) mass is 555 g/mol. The highest BCUT2D eigenvalue weighted by Crippen LogP contribution is 2.31. The summed E-state index contributed by atoms with van der Waals surface area (Å²) >= 11 is 0. The molecule has 0 N–H and O–H groups in total. The molecule has 0 unspecified atom stereocenters. The molecule has 3 saturated heterocycles. The fraction of sp³-hybridized carbons (Fsp3) is 0.621. The lowest BCUT2D eigenvalue weighted by molar-refractivity contribution is 0.0240. The molecule has 1 amide bonds. The van der Waals surface area contributed by atoms with Crippen molar-refractivity contribution in [2.24, 2.45) is 0 Å². The van der Waals surface area contributed by atoms with E-state index in [-0.39, 0.29) is 11.9 Å². The van der Waals surface area contributed by atoms with Gasteiger partial charge in [0.2, 0.25) is 11.8 Å².